The fraction of sp³-hybridized carbons (Fsp3) is 0.273. The highest BCUT2D eigenvalue weighted by Crippen LogP contribution is 2.22. The second-order valence-electron chi connectivity index (χ2n) is 3.17. The van der Waals surface area contributed by atoms with Crippen molar-refractivity contribution in [3.8, 4) is 5.75 Å². The summed E-state index contributed by atoms with van der Waals surface area (Å²) in [6, 6.07) is 3.92. The van der Waals surface area contributed by atoms with Crippen LogP contribution in [0.3, 0.4) is 0 Å². The molecular weight excluding hydrogens is 229 g/mol. The topological polar surface area (TPSA) is 55.8 Å². The number of likely N-dealkylation sites (N-methyl/N-ethyl adjacent to an activating group) is 1. The van der Waals surface area contributed by atoms with Gasteiger partial charge < -0.3 is 14.4 Å². The molecule has 0 radical (unpaired) electrons. The highest BCUT2D eigenvalue weighted by Gasteiger charge is 2.21. The molecule has 0 atom stereocenters. The normalized spacial score (nSPS) is 9.65. The fourth-order valence-corrected chi connectivity index (χ4v) is 1.21. The van der Waals surface area contributed by atoms with Crippen molar-refractivity contribution in [3.05, 3.63) is 24.0 Å². The van der Waals surface area contributed by atoms with E-state index in [1.165, 1.54) is 26.3 Å². The molecule has 0 saturated heterocycles. The smallest absolute Gasteiger partial charge is 0.397 e. The molecular formula is C11H12FNO4. The summed E-state index contributed by atoms with van der Waals surface area (Å²) in [5.41, 5.74) is 0.235. The number of anilines is 1. The van der Waals surface area contributed by atoms with Crippen molar-refractivity contribution in [1.82, 2.24) is 0 Å². The Morgan fingerprint density at radius 1 is 1.29 bits per heavy atom. The third-order valence-corrected chi connectivity index (χ3v) is 2.19. The summed E-state index contributed by atoms with van der Waals surface area (Å²) in [6.07, 6.45) is 0. The minimum Gasteiger partial charge on any atom is -0.494 e. The summed E-state index contributed by atoms with van der Waals surface area (Å²) in [4.78, 5) is 23.4. The van der Waals surface area contributed by atoms with Crippen LogP contribution in [0.25, 0.3) is 0 Å². The van der Waals surface area contributed by atoms with Crippen molar-refractivity contribution in [2.75, 3.05) is 26.2 Å². The lowest BCUT2D eigenvalue weighted by atomic mass is 10.2. The molecule has 0 spiro atoms. The van der Waals surface area contributed by atoms with Crippen LogP contribution in [-0.4, -0.2) is 33.1 Å². The van der Waals surface area contributed by atoms with Gasteiger partial charge in [-0.3, -0.25) is 4.79 Å². The average molecular weight is 241 g/mol. The van der Waals surface area contributed by atoms with E-state index in [1.54, 1.807) is 0 Å². The number of nitrogens with zero attached hydrogens (tertiary/aromatic N) is 1. The summed E-state index contributed by atoms with van der Waals surface area (Å²) >= 11 is 0. The highest BCUT2D eigenvalue weighted by atomic mass is 19.1. The first kappa shape index (κ1) is 13.0. The van der Waals surface area contributed by atoms with E-state index in [0.29, 0.717) is 0 Å². The van der Waals surface area contributed by atoms with Gasteiger partial charge in [0.15, 0.2) is 11.6 Å². The Morgan fingerprint density at radius 3 is 2.41 bits per heavy atom. The molecule has 0 fully saturated rings. The lowest BCUT2D eigenvalue weighted by molar-refractivity contribution is -0.151. The van der Waals surface area contributed by atoms with Gasteiger partial charge in [0.25, 0.3) is 0 Å². The highest BCUT2D eigenvalue weighted by molar-refractivity contribution is 6.37. The van der Waals surface area contributed by atoms with Crippen molar-refractivity contribution < 1.29 is 23.5 Å². The maximum atomic E-state index is 13.4. The molecule has 92 valence electrons. The Balaban J connectivity index is 2.97. The number of rotatable bonds is 2. The standard InChI is InChI=1S/C11H12FNO4/c1-13(10(14)11(15)17-3)7-4-5-9(16-2)8(12)6-7/h4-6H,1-3H3. The quantitative estimate of drug-likeness (QED) is 0.572. The van der Waals surface area contributed by atoms with Crippen molar-refractivity contribution in [2.24, 2.45) is 0 Å². The van der Waals surface area contributed by atoms with E-state index in [0.717, 1.165) is 18.1 Å². The maximum absolute atomic E-state index is 13.4. The maximum Gasteiger partial charge on any atom is 0.397 e. The first-order valence-corrected chi connectivity index (χ1v) is 4.70. The van der Waals surface area contributed by atoms with Gasteiger partial charge in [-0.1, -0.05) is 0 Å². The van der Waals surface area contributed by atoms with Gasteiger partial charge in [0.05, 0.1) is 14.2 Å². The Hall–Kier alpha value is -2.11. The number of carbonyl (C=O) groups is 2. The predicted molar refractivity (Wildman–Crippen MR) is 58.4 cm³/mol. The summed E-state index contributed by atoms with van der Waals surface area (Å²) in [5.74, 6) is -2.44. The van der Waals surface area contributed by atoms with Crippen LogP contribution in [-0.2, 0) is 14.3 Å². The molecule has 0 aliphatic heterocycles. The molecule has 0 N–H and O–H groups in total. The molecule has 1 aromatic rings. The van der Waals surface area contributed by atoms with E-state index in [4.69, 9.17) is 4.74 Å². The van der Waals surface area contributed by atoms with Gasteiger partial charge in [0.1, 0.15) is 0 Å². The number of hydrogen-bond donors (Lipinski definition) is 0. The van der Waals surface area contributed by atoms with Gasteiger partial charge in [0.2, 0.25) is 0 Å². The third kappa shape index (κ3) is 2.72. The molecule has 0 heterocycles. The number of carbonyl (C=O) groups excluding carboxylic acids is 2. The van der Waals surface area contributed by atoms with Crippen LogP contribution in [0.4, 0.5) is 10.1 Å². The average Bonchev–Trinajstić information content (AvgIpc) is 2.35. The number of methoxy groups -OCH3 is 2. The zero-order chi connectivity index (χ0) is 13.0. The van der Waals surface area contributed by atoms with Crippen molar-refractivity contribution in [2.45, 2.75) is 0 Å². The Morgan fingerprint density at radius 2 is 1.94 bits per heavy atom. The molecule has 1 rings (SSSR count). The van der Waals surface area contributed by atoms with Crippen LogP contribution in [0.2, 0.25) is 0 Å². The summed E-state index contributed by atoms with van der Waals surface area (Å²) in [5, 5.41) is 0. The van der Waals surface area contributed by atoms with Gasteiger partial charge in [-0.05, 0) is 12.1 Å². The molecule has 0 aliphatic rings. The van der Waals surface area contributed by atoms with Crippen molar-refractivity contribution >= 4 is 17.6 Å². The largest absolute Gasteiger partial charge is 0.494 e. The van der Waals surface area contributed by atoms with E-state index >= 15 is 0 Å². The second-order valence-corrected chi connectivity index (χ2v) is 3.17. The van der Waals surface area contributed by atoms with Crippen LogP contribution in [0, 0.1) is 5.82 Å². The van der Waals surface area contributed by atoms with E-state index in [-0.39, 0.29) is 11.4 Å². The lowest BCUT2D eigenvalue weighted by Crippen LogP contribution is -2.34. The fourth-order valence-electron chi connectivity index (χ4n) is 1.21. The van der Waals surface area contributed by atoms with Crippen LogP contribution >= 0.6 is 0 Å². The molecule has 0 saturated carbocycles. The van der Waals surface area contributed by atoms with Crippen LogP contribution in [0.15, 0.2) is 18.2 Å². The van der Waals surface area contributed by atoms with E-state index in [1.807, 2.05) is 0 Å². The second kappa shape index (κ2) is 5.29. The number of hydrogen-bond acceptors (Lipinski definition) is 4. The van der Waals surface area contributed by atoms with Crippen molar-refractivity contribution in [1.29, 1.82) is 0 Å². The Labute approximate surface area is 97.7 Å². The monoisotopic (exact) mass is 241 g/mol. The summed E-state index contributed by atoms with van der Waals surface area (Å²) in [7, 11) is 3.78. The van der Waals surface area contributed by atoms with Gasteiger partial charge in [-0.15, -0.1) is 0 Å². The van der Waals surface area contributed by atoms with E-state index < -0.39 is 17.7 Å². The molecule has 1 amide bonds. The van der Waals surface area contributed by atoms with E-state index in [2.05, 4.69) is 4.74 Å². The first-order valence-electron chi connectivity index (χ1n) is 4.70. The number of ether oxygens (including phenoxy) is 2. The molecule has 0 bridgehead atoms. The van der Waals surface area contributed by atoms with Crippen LogP contribution < -0.4 is 9.64 Å². The zero-order valence-electron chi connectivity index (χ0n) is 9.69. The van der Waals surface area contributed by atoms with Crippen LogP contribution in [0.1, 0.15) is 0 Å². The summed E-state index contributed by atoms with van der Waals surface area (Å²) < 4.78 is 22.4. The van der Waals surface area contributed by atoms with Crippen LogP contribution in [0.5, 0.6) is 5.75 Å². The molecule has 0 aromatic heterocycles. The molecule has 6 heteroatoms. The lowest BCUT2D eigenvalue weighted by Gasteiger charge is -2.16. The van der Waals surface area contributed by atoms with E-state index in [9.17, 15) is 14.0 Å². The predicted octanol–water partition coefficient (Wildman–Crippen LogP) is 0.970. The molecule has 17 heavy (non-hydrogen) atoms. The molecule has 0 unspecified atom stereocenters. The Bertz CT molecular complexity index is 447. The SMILES string of the molecule is COC(=O)C(=O)N(C)c1ccc(OC)c(F)c1. The minimum atomic E-state index is -1.01. The third-order valence-electron chi connectivity index (χ3n) is 2.19. The zero-order valence-corrected chi connectivity index (χ0v) is 9.69. The molecule has 0 aliphatic carbocycles. The van der Waals surface area contributed by atoms with Gasteiger partial charge in [-0.25, -0.2) is 9.18 Å². The molecule has 5 nitrogen and oxygen atoms in total. The first-order chi connectivity index (χ1) is 8.01. The van der Waals surface area contributed by atoms with Gasteiger partial charge in [0, 0.05) is 18.8 Å². The number of halogens is 1. The Kier molecular flexibility index (Phi) is 4.03. The minimum absolute atomic E-state index is 0.0627. The van der Waals surface area contributed by atoms with Crippen molar-refractivity contribution in [3.63, 3.8) is 0 Å². The number of amides is 1. The van der Waals surface area contributed by atoms with Gasteiger partial charge >= 0.3 is 11.9 Å². The number of esters is 1. The number of benzene rings is 1. The van der Waals surface area contributed by atoms with Gasteiger partial charge in [-0.2, -0.15) is 0 Å². The molecule has 1 aromatic carbocycles. The summed E-state index contributed by atoms with van der Waals surface area (Å²) in [6.45, 7) is 0.